The molecule has 0 amide bonds. The van der Waals surface area contributed by atoms with Crippen molar-refractivity contribution >= 4 is 22.5 Å². The van der Waals surface area contributed by atoms with Gasteiger partial charge in [-0.05, 0) is 103 Å². The maximum atomic E-state index is 13.6. The Labute approximate surface area is 238 Å². The predicted molar refractivity (Wildman–Crippen MR) is 158 cm³/mol. The molecule has 2 aliphatic carbocycles. The highest BCUT2D eigenvalue weighted by molar-refractivity contribution is 6.13. The molecule has 3 aromatic carbocycles. The Morgan fingerprint density at radius 1 is 0.927 bits per heavy atom. The number of nitrogens with zero attached hydrogens (tertiary/aromatic N) is 1. The van der Waals surface area contributed by atoms with E-state index in [1.807, 2.05) is 55.5 Å². The number of ketones is 2. The molecule has 2 aliphatic rings. The second-order valence-electron chi connectivity index (χ2n) is 11.5. The van der Waals surface area contributed by atoms with E-state index in [1.54, 1.807) is 18.3 Å². The first kappa shape index (κ1) is 25.6. The van der Waals surface area contributed by atoms with Crippen LogP contribution in [0.15, 0.2) is 89.5 Å². The summed E-state index contributed by atoms with van der Waals surface area (Å²) in [6.45, 7) is 1.83. The number of pyridine rings is 1. The lowest BCUT2D eigenvalue weighted by molar-refractivity contribution is 0.0966. The molecule has 2 heterocycles. The van der Waals surface area contributed by atoms with Gasteiger partial charge < -0.3 is 4.42 Å². The fourth-order valence-corrected chi connectivity index (χ4v) is 6.01. The van der Waals surface area contributed by atoms with Gasteiger partial charge in [-0.25, -0.2) is 4.39 Å². The van der Waals surface area contributed by atoms with Gasteiger partial charge in [0.1, 0.15) is 17.2 Å². The van der Waals surface area contributed by atoms with Crippen molar-refractivity contribution in [2.45, 2.75) is 56.8 Å². The quantitative estimate of drug-likeness (QED) is 0.174. The van der Waals surface area contributed by atoms with E-state index in [2.05, 4.69) is 11.1 Å². The summed E-state index contributed by atoms with van der Waals surface area (Å²) in [7, 11) is 0. The van der Waals surface area contributed by atoms with E-state index in [0.29, 0.717) is 46.8 Å². The van der Waals surface area contributed by atoms with Crippen molar-refractivity contribution in [3.63, 3.8) is 0 Å². The van der Waals surface area contributed by atoms with Crippen LogP contribution in [0.4, 0.5) is 4.39 Å². The molecule has 2 saturated carbocycles. The van der Waals surface area contributed by atoms with Gasteiger partial charge in [0.15, 0.2) is 11.6 Å². The number of carbonyl (C=O) groups excluding carboxylic acids is 2. The lowest BCUT2D eigenvalue weighted by Gasteiger charge is -2.15. The first-order valence-corrected chi connectivity index (χ1v) is 14.4. The Morgan fingerprint density at radius 2 is 1.71 bits per heavy atom. The van der Waals surface area contributed by atoms with E-state index in [4.69, 9.17) is 4.42 Å². The highest BCUT2D eigenvalue weighted by Gasteiger charge is 2.47. The van der Waals surface area contributed by atoms with Crippen LogP contribution in [-0.2, 0) is 5.41 Å². The predicted octanol–water partition coefficient (Wildman–Crippen LogP) is 9.08. The van der Waals surface area contributed by atoms with E-state index < -0.39 is 0 Å². The molecule has 2 aromatic heterocycles. The number of carbonyl (C=O) groups is 2. The van der Waals surface area contributed by atoms with Crippen LogP contribution in [0, 0.1) is 5.82 Å². The van der Waals surface area contributed by atoms with Crippen molar-refractivity contribution in [2.75, 3.05) is 0 Å². The molecule has 2 fully saturated rings. The molecule has 0 spiro atoms. The largest absolute Gasteiger partial charge is 0.455 e. The SMILES string of the molecule is CCC(=O)c1c(-c2ccc(F)cc2)oc2ccc(-c3cc(C(=O)CC4(c5ccccn5)CC4)ccc3C3CC3)cc12. The Bertz CT molecular complexity index is 1790. The number of aromatic nitrogens is 1. The topological polar surface area (TPSA) is 60.2 Å². The van der Waals surface area contributed by atoms with Crippen molar-refractivity contribution < 1.29 is 18.4 Å². The number of halogens is 1. The summed E-state index contributed by atoms with van der Waals surface area (Å²) >= 11 is 0. The molecule has 5 aromatic rings. The van der Waals surface area contributed by atoms with Crippen molar-refractivity contribution in [2.24, 2.45) is 0 Å². The normalized spacial score (nSPS) is 15.7. The van der Waals surface area contributed by atoms with Crippen molar-refractivity contribution in [1.29, 1.82) is 0 Å². The molecule has 5 heteroatoms. The first-order chi connectivity index (χ1) is 20.0. The molecule has 0 saturated heterocycles. The lowest BCUT2D eigenvalue weighted by Crippen LogP contribution is -2.15. The monoisotopic (exact) mass is 543 g/mol. The van der Waals surface area contributed by atoms with Gasteiger partial charge in [-0.15, -0.1) is 0 Å². The number of hydrogen-bond donors (Lipinski definition) is 0. The summed E-state index contributed by atoms with van der Waals surface area (Å²) in [6.07, 6.45) is 6.78. The smallest absolute Gasteiger partial charge is 0.167 e. The Kier molecular flexibility index (Phi) is 6.19. The van der Waals surface area contributed by atoms with E-state index in [9.17, 15) is 14.0 Å². The van der Waals surface area contributed by atoms with Crippen molar-refractivity contribution in [3.05, 3.63) is 113 Å². The minimum absolute atomic E-state index is 0.0316. The fraction of sp³-hybridized carbons (Fsp3) is 0.250. The lowest BCUT2D eigenvalue weighted by atomic mass is 9.88. The van der Waals surface area contributed by atoms with Gasteiger partial charge in [-0.3, -0.25) is 14.6 Å². The van der Waals surface area contributed by atoms with Crippen LogP contribution in [0.25, 0.3) is 33.4 Å². The first-order valence-electron chi connectivity index (χ1n) is 14.4. The molecule has 0 bridgehead atoms. The van der Waals surface area contributed by atoms with Crippen LogP contribution < -0.4 is 0 Å². The van der Waals surface area contributed by atoms with E-state index in [0.717, 1.165) is 47.9 Å². The Hall–Kier alpha value is -4.38. The second kappa shape index (κ2) is 9.91. The average Bonchev–Trinajstić information content (AvgIpc) is 3.95. The Morgan fingerprint density at radius 3 is 2.39 bits per heavy atom. The minimum atomic E-state index is -0.342. The standard InChI is InChI=1S/C36H30FNO3/c1-2-30(39)34-29-19-24(11-15-32(29)41-35(34)23-8-12-26(37)13-9-23)28-20-25(10-14-27(28)22-6-7-22)31(40)21-36(16-17-36)33-5-3-4-18-38-33/h3-5,8-15,18-20,22H,2,6-7,16-17,21H2,1H3. The van der Waals surface area contributed by atoms with Crippen LogP contribution in [0.5, 0.6) is 0 Å². The number of rotatable bonds is 9. The Balaban J connectivity index is 1.30. The number of Topliss-reactive ketones (excluding diaryl/α,β-unsaturated/α-hetero) is 2. The number of fused-ring (bicyclic) bond motifs is 1. The summed E-state index contributed by atoms with van der Waals surface area (Å²) in [6, 6.07) is 24.0. The van der Waals surface area contributed by atoms with Gasteiger partial charge in [0.05, 0.1) is 5.56 Å². The van der Waals surface area contributed by atoms with Crippen molar-refractivity contribution in [3.8, 4) is 22.5 Å². The molecular formula is C36H30FNO3. The van der Waals surface area contributed by atoms with Gasteiger partial charge in [-0.2, -0.15) is 0 Å². The third kappa shape index (κ3) is 4.69. The summed E-state index contributed by atoms with van der Waals surface area (Å²) in [4.78, 5) is 31.4. The average molecular weight is 544 g/mol. The fourth-order valence-electron chi connectivity index (χ4n) is 6.01. The molecule has 204 valence electrons. The van der Waals surface area contributed by atoms with Crippen molar-refractivity contribution in [1.82, 2.24) is 4.98 Å². The zero-order chi connectivity index (χ0) is 28.1. The van der Waals surface area contributed by atoms with Crippen LogP contribution in [0.3, 0.4) is 0 Å². The molecule has 0 unspecified atom stereocenters. The molecule has 0 N–H and O–H groups in total. The van der Waals surface area contributed by atoms with Crippen LogP contribution in [-0.4, -0.2) is 16.6 Å². The molecule has 4 nitrogen and oxygen atoms in total. The highest BCUT2D eigenvalue weighted by Crippen LogP contribution is 2.51. The van der Waals surface area contributed by atoms with Gasteiger partial charge in [0, 0.05) is 46.7 Å². The molecular weight excluding hydrogens is 513 g/mol. The molecule has 7 rings (SSSR count). The third-order valence-corrected chi connectivity index (χ3v) is 8.66. The van der Waals surface area contributed by atoms with Gasteiger partial charge >= 0.3 is 0 Å². The molecule has 41 heavy (non-hydrogen) atoms. The number of furan rings is 1. The zero-order valence-corrected chi connectivity index (χ0v) is 23.0. The van der Waals surface area contributed by atoms with Crippen LogP contribution in [0.1, 0.15) is 83.3 Å². The zero-order valence-electron chi connectivity index (χ0n) is 23.0. The second-order valence-corrected chi connectivity index (χ2v) is 11.5. The molecule has 0 radical (unpaired) electrons. The molecule has 0 atom stereocenters. The number of hydrogen-bond acceptors (Lipinski definition) is 4. The molecule has 0 aliphatic heterocycles. The van der Waals surface area contributed by atoms with Gasteiger partial charge in [0.25, 0.3) is 0 Å². The van der Waals surface area contributed by atoms with Gasteiger partial charge in [0.2, 0.25) is 0 Å². The van der Waals surface area contributed by atoms with E-state index in [-0.39, 0.29) is 22.8 Å². The van der Waals surface area contributed by atoms with Crippen LogP contribution in [0.2, 0.25) is 0 Å². The van der Waals surface area contributed by atoms with Crippen LogP contribution >= 0.6 is 0 Å². The maximum absolute atomic E-state index is 13.6. The number of benzene rings is 3. The summed E-state index contributed by atoms with van der Waals surface area (Å²) < 4.78 is 19.8. The summed E-state index contributed by atoms with van der Waals surface area (Å²) in [5, 5.41) is 0.735. The van der Waals surface area contributed by atoms with E-state index >= 15 is 0 Å². The van der Waals surface area contributed by atoms with E-state index in [1.165, 1.54) is 17.7 Å². The summed E-state index contributed by atoms with van der Waals surface area (Å²) in [5.74, 6) is 0.686. The summed E-state index contributed by atoms with van der Waals surface area (Å²) in [5.41, 5.74) is 6.55. The third-order valence-electron chi connectivity index (χ3n) is 8.66. The van der Waals surface area contributed by atoms with Gasteiger partial charge in [-0.1, -0.05) is 31.2 Å². The minimum Gasteiger partial charge on any atom is -0.455 e. The highest BCUT2D eigenvalue weighted by atomic mass is 19.1. The maximum Gasteiger partial charge on any atom is 0.167 e.